The van der Waals surface area contributed by atoms with Gasteiger partial charge in [0.15, 0.2) is 5.65 Å². The molecule has 24 heavy (non-hydrogen) atoms. The number of rotatable bonds is 1. The molecule has 0 bridgehead atoms. The van der Waals surface area contributed by atoms with Crippen LogP contribution in [-0.2, 0) is 4.74 Å². The number of ether oxygens (including phenoxy) is 1. The number of nitrogens with zero attached hydrogens (tertiary/aromatic N) is 5. The largest absolute Gasteiger partial charge is 0.444 e. The third-order valence-corrected chi connectivity index (χ3v) is 4.62. The van der Waals surface area contributed by atoms with E-state index in [4.69, 9.17) is 4.74 Å². The second-order valence-corrected chi connectivity index (χ2v) is 8.12. The predicted octanol–water partition coefficient (Wildman–Crippen LogP) is 2.78. The molecule has 1 aliphatic heterocycles. The van der Waals surface area contributed by atoms with Crippen molar-refractivity contribution in [3.63, 3.8) is 0 Å². The van der Waals surface area contributed by atoms with Crippen LogP contribution in [-0.4, -0.2) is 56.9 Å². The molecule has 0 radical (unpaired) electrons. The average molecular weight is 443 g/mol. The monoisotopic (exact) mass is 443 g/mol. The molecule has 1 saturated heterocycles. The topological polar surface area (TPSA) is 63.0 Å². The zero-order chi connectivity index (χ0) is 17.5. The van der Waals surface area contributed by atoms with Crippen molar-refractivity contribution < 1.29 is 9.53 Å². The molecule has 0 spiro atoms. The molecule has 130 valence electrons. The van der Waals surface area contributed by atoms with E-state index >= 15 is 0 Å². The van der Waals surface area contributed by atoms with Crippen LogP contribution in [0, 0.1) is 3.70 Å². The van der Waals surface area contributed by atoms with E-state index in [-0.39, 0.29) is 12.1 Å². The fourth-order valence-electron chi connectivity index (χ4n) is 2.78. The Morgan fingerprint density at radius 3 is 2.75 bits per heavy atom. The molecule has 7 nitrogen and oxygen atoms in total. The average Bonchev–Trinajstić information content (AvgIpc) is 2.86. The Morgan fingerprint density at radius 1 is 1.33 bits per heavy atom. The summed E-state index contributed by atoms with van der Waals surface area (Å²) in [6, 6.07) is 4.12. The van der Waals surface area contributed by atoms with Gasteiger partial charge in [0.2, 0.25) is 0 Å². The van der Waals surface area contributed by atoms with E-state index < -0.39 is 5.60 Å². The number of carbonyl (C=O) groups is 1. The standard InChI is InChI=1S/C16H22IN5O2/c1-11-10-20(15(23)24-16(2,3)4)7-8-21(11)14-6-5-13-18-9-12(17)22(13)19-14/h5-6,9,11H,7-8,10H2,1-4H3/t11-/m0/s1. The molecule has 8 heteroatoms. The van der Waals surface area contributed by atoms with Crippen LogP contribution >= 0.6 is 22.6 Å². The minimum Gasteiger partial charge on any atom is -0.444 e. The molecule has 1 atom stereocenters. The molecule has 3 rings (SSSR count). The first-order valence-corrected chi connectivity index (χ1v) is 9.07. The van der Waals surface area contributed by atoms with E-state index in [2.05, 4.69) is 44.5 Å². The summed E-state index contributed by atoms with van der Waals surface area (Å²) in [4.78, 5) is 20.5. The number of carbonyl (C=O) groups excluding carboxylic acids is 1. The number of halogens is 1. The van der Waals surface area contributed by atoms with Crippen LogP contribution in [0.25, 0.3) is 5.65 Å². The number of amides is 1. The van der Waals surface area contributed by atoms with Crippen LogP contribution in [0.15, 0.2) is 18.3 Å². The van der Waals surface area contributed by atoms with Gasteiger partial charge in [-0.1, -0.05) is 0 Å². The van der Waals surface area contributed by atoms with Gasteiger partial charge in [-0.3, -0.25) is 0 Å². The van der Waals surface area contributed by atoms with E-state index in [0.717, 1.165) is 21.7 Å². The number of piperazine rings is 1. The summed E-state index contributed by atoms with van der Waals surface area (Å²) in [6.45, 7) is 9.73. The number of imidazole rings is 1. The van der Waals surface area contributed by atoms with Crippen LogP contribution in [0.3, 0.4) is 0 Å². The van der Waals surface area contributed by atoms with Crippen LogP contribution < -0.4 is 4.90 Å². The molecule has 2 aromatic rings. The van der Waals surface area contributed by atoms with Crippen molar-refractivity contribution in [2.45, 2.75) is 39.3 Å². The minimum atomic E-state index is -0.470. The number of aromatic nitrogens is 3. The molecule has 1 amide bonds. The Bertz CT molecular complexity index is 754. The number of hydrogen-bond acceptors (Lipinski definition) is 5. The van der Waals surface area contributed by atoms with Gasteiger partial charge in [-0.2, -0.15) is 0 Å². The zero-order valence-corrected chi connectivity index (χ0v) is 16.5. The summed E-state index contributed by atoms with van der Waals surface area (Å²) in [5.41, 5.74) is 0.366. The van der Waals surface area contributed by atoms with Gasteiger partial charge in [0.05, 0.1) is 6.20 Å². The summed E-state index contributed by atoms with van der Waals surface area (Å²) in [5, 5.41) is 4.68. The van der Waals surface area contributed by atoms with Crippen molar-refractivity contribution in [2.24, 2.45) is 0 Å². The zero-order valence-electron chi connectivity index (χ0n) is 14.4. The minimum absolute atomic E-state index is 0.164. The van der Waals surface area contributed by atoms with Crippen molar-refractivity contribution >= 4 is 40.1 Å². The number of fused-ring (bicyclic) bond motifs is 1. The molecular weight excluding hydrogens is 421 g/mol. The lowest BCUT2D eigenvalue weighted by molar-refractivity contribution is 0.0218. The Labute approximate surface area is 155 Å². The SMILES string of the molecule is C[C@H]1CN(C(=O)OC(C)(C)C)CCN1c1ccc2ncc(I)n2n1. The van der Waals surface area contributed by atoms with Crippen molar-refractivity contribution in [1.29, 1.82) is 0 Å². The highest BCUT2D eigenvalue weighted by Crippen LogP contribution is 2.21. The maximum absolute atomic E-state index is 12.2. The van der Waals surface area contributed by atoms with E-state index in [1.54, 1.807) is 11.1 Å². The maximum Gasteiger partial charge on any atom is 0.410 e. The van der Waals surface area contributed by atoms with Crippen molar-refractivity contribution in [3.05, 3.63) is 22.0 Å². The smallest absolute Gasteiger partial charge is 0.410 e. The van der Waals surface area contributed by atoms with Crippen LogP contribution in [0.1, 0.15) is 27.7 Å². The van der Waals surface area contributed by atoms with Crippen molar-refractivity contribution in [3.8, 4) is 0 Å². The molecule has 2 aromatic heterocycles. The molecular formula is C16H22IN5O2. The molecule has 0 aromatic carbocycles. The van der Waals surface area contributed by atoms with E-state index in [1.807, 2.05) is 37.4 Å². The van der Waals surface area contributed by atoms with Gasteiger partial charge in [-0.25, -0.2) is 14.3 Å². The van der Waals surface area contributed by atoms with Gasteiger partial charge in [0, 0.05) is 25.7 Å². The summed E-state index contributed by atoms with van der Waals surface area (Å²) in [5.74, 6) is 0.898. The van der Waals surface area contributed by atoms with E-state index in [0.29, 0.717) is 13.1 Å². The highest BCUT2D eigenvalue weighted by Gasteiger charge is 2.30. The quantitative estimate of drug-likeness (QED) is 0.635. The van der Waals surface area contributed by atoms with Crippen LogP contribution in [0.2, 0.25) is 0 Å². The number of hydrogen-bond donors (Lipinski definition) is 0. The summed E-state index contributed by atoms with van der Waals surface area (Å²) >= 11 is 2.22. The predicted molar refractivity (Wildman–Crippen MR) is 100 cm³/mol. The fourth-order valence-corrected chi connectivity index (χ4v) is 3.27. The molecule has 0 saturated carbocycles. The second kappa shape index (κ2) is 6.38. The van der Waals surface area contributed by atoms with Gasteiger partial charge < -0.3 is 14.5 Å². The lowest BCUT2D eigenvalue weighted by Gasteiger charge is -2.40. The fraction of sp³-hybridized carbons (Fsp3) is 0.562. The van der Waals surface area contributed by atoms with Gasteiger partial charge in [0.25, 0.3) is 0 Å². The van der Waals surface area contributed by atoms with Gasteiger partial charge >= 0.3 is 6.09 Å². The van der Waals surface area contributed by atoms with E-state index in [9.17, 15) is 4.79 Å². The number of anilines is 1. The Morgan fingerprint density at radius 2 is 2.08 bits per heavy atom. The normalized spacial score (nSPS) is 19.0. The third-order valence-electron chi connectivity index (χ3n) is 3.88. The second-order valence-electron chi connectivity index (χ2n) is 7.01. The highest BCUT2D eigenvalue weighted by atomic mass is 127. The van der Waals surface area contributed by atoms with Crippen molar-refractivity contribution in [1.82, 2.24) is 19.5 Å². The Balaban J connectivity index is 1.73. The van der Waals surface area contributed by atoms with Crippen LogP contribution in [0.5, 0.6) is 0 Å². The Hall–Kier alpha value is -1.58. The van der Waals surface area contributed by atoms with Crippen molar-refractivity contribution in [2.75, 3.05) is 24.5 Å². The summed E-state index contributed by atoms with van der Waals surface area (Å²) in [7, 11) is 0. The highest BCUT2D eigenvalue weighted by molar-refractivity contribution is 14.1. The van der Waals surface area contributed by atoms with Gasteiger partial charge in [-0.05, 0) is 62.4 Å². The van der Waals surface area contributed by atoms with Gasteiger partial charge in [-0.15, -0.1) is 5.10 Å². The molecule has 0 aliphatic carbocycles. The molecule has 1 fully saturated rings. The first kappa shape index (κ1) is 17.2. The third kappa shape index (κ3) is 3.57. The first-order chi connectivity index (χ1) is 11.2. The molecule has 3 heterocycles. The lowest BCUT2D eigenvalue weighted by atomic mass is 10.2. The first-order valence-electron chi connectivity index (χ1n) is 7.99. The lowest BCUT2D eigenvalue weighted by Crippen LogP contribution is -2.54. The summed E-state index contributed by atoms with van der Waals surface area (Å²) in [6.07, 6.45) is 1.55. The van der Waals surface area contributed by atoms with Gasteiger partial charge in [0.1, 0.15) is 15.1 Å². The Kier molecular flexibility index (Phi) is 4.58. The molecule has 0 unspecified atom stereocenters. The molecule has 0 N–H and O–H groups in total. The van der Waals surface area contributed by atoms with E-state index in [1.165, 1.54) is 0 Å². The maximum atomic E-state index is 12.2. The summed E-state index contributed by atoms with van der Waals surface area (Å²) < 4.78 is 8.28. The van der Waals surface area contributed by atoms with Crippen LogP contribution in [0.4, 0.5) is 10.6 Å². The molecule has 1 aliphatic rings.